The van der Waals surface area contributed by atoms with Crippen LogP contribution in [-0.2, 0) is 22.9 Å². The van der Waals surface area contributed by atoms with Gasteiger partial charge in [0.05, 0.1) is 10.6 Å². The van der Waals surface area contributed by atoms with Gasteiger partial charge in [-0.25, -0.2) is 8.42 Å². The highest BCUT2D eigenvalue weighted by Gasteiger charge is 2.31. The summed E-state index contributed by atoms with van der Waals surface area (Å²) in [5.41, 5.74) is 2.76. The third-order valence-electron chi connectivity index (χ3n) is 6.41. The molecular formula is C27H36ClNO3S. The van der Waals surface area contributed by atoms with Gasteiger partial charge in [0.1, 0.15) is 5.38 Å². The Balaban J connectivity index is 1.45. The van der Waals surface area contributed by atoms with Gasteiger partial charge in [-0.3, -0.25) is 9.52 Å². The van der Waals surface area contributed by atoms with Gasteiger partial charge in [0.25, 0.3) is 10.0 Å². The van der Waals surface area contributed by atoms with Gasteiger partial charge in [0.15, 0.2) is 5.78 Å². The molecule has 180 valence electrons. The molecule has 0 fully saturated rings. The van der Waals surface area contributed by atoms with E-state index in [4.69, 9.17) is 11.6 Å². The van der Waals surface area contributed by atoms with Gasteiger partial charge in [0.2, 0.25) is 0 Å². The van der Waals surface area contributed by atoms with Crippen molar-refractivity contribution >= 4 is 33.1 Å². The van der Waals surface area contributed by atoms with E-state index in [1.165, 1.54) is 57.8 Å². The summed E-state index contributed by atoms with van der Waals surface area (Å²) in [6.45, 7) is 2.25. The van der Waals surface area contributed by atoms with Crippen molar-refractivity contribution in [2.24, 2.45) is 0 Å². The molecule has 0 saturated carbocycles. The number of anilines is 1. The van der Waals surface area contributed by atoms with Crippen LogP contribution in [0.15, 0.2) is 47.4 Å². The standard InChI is InChI=1S/C27H36ClNO3S/c1-2-3-4-5-6-7-8-9-10-11-13-21-16-18-22(19-17-21)33(31,32)29-26-15-12-14-23-24(26)20-25(28)27(23)30/h12,14-19,25,29H,2-11,13,20H2,1H3. The van der Waals surface area contributed by atoms with Crippen molar-refractivity contribution in [1.82, 2.24) is 0 Å². The minimum absolute atomic E-state index is 0.149. The van der Waals surface area contributed by atoms with Gasteiger partial charge in [-0.15, -0.1) is 11.6 Å². The Hall–Kier alpha value is -1.85. The topological polar surface area (TPSA) is 63.2 Å². The van der Waals surface area contributed by atoms with Crippen molar-refractivity contribution in [1.29, 1.82) is 0 Å². The molecule has 0 amide bonds. The number of hydrogen-bond donors (Lipinski definition) is 1. The van der Waals surface area contributed by atoms with Crippen LogP contribution >= 0.6 is 11.6 Å². The number of fused-ring (bicyclic) bond motifs is 1. The molecule has 1 aliphatic rings. The van der Waals surface area contributed by atoms with Crippen molar-refractivity contribution in [3.8, 4) is 0 Å². The van der Waals surface area contributed by atoms with Crippen LogP contribution in [0.2, 0.25) is 0 Å². The summed E-state index contributed by atoms with van der Waals surface area (Å²) in [6, 6.07) is 12.2. The maximum Gasteiger partial charge on any atom is 0.261 e. The average molecular weight is 490 g/mol. The monoisotopic (exact) mass is 489 g/mol. The average Bonchev–Trinajstić information content (AvgIpc) is 3.10. The van der Waals surface area contributed by atoms with Crippen LogP contribution in [0.1, 0.15) is 92.6 Å². The third kappa shape index (κ3) is 7.31. The Morgan fingerprint density at radius 1 is 0.879 bits per heavy atom. The molecule has 0 radical (unpaired) electrons. The maximum atomic E-state index is 12.9. The molecule has 1 aliphatic carbocycles. The third-order valence-corrected chi connectivity index (χ3v) is 8.14. The normalized spacial score (nSPS) is 15.6. The minimum Gasteiger partial charge on any atom is -0.292 e. The van der Waals surface area contributed by atoms with Crippen LogP contribution in [0.3, 0.4) is 0 Å². The first-order chi connectivity index (χ1) is 15.9. The molecule has 1 atom stereocenters. The number of rotatable bonds is 14. The smallest absolute Gasteiger partial charge is 0.261 e. The molecule has 1 unspecified atom stereocenters. The molecule has 0 saturated heterocycles. The lowest BCUT2D eigenvalue weighted by molar-refractivity contribution is 0.0998. The molecule has 2 aromatic rings. The molecular weight excluding hydrogens is 454 g/mol. The molecule has 0 heterocycles. The first-order valence-electron chi connectivity index (χ1n) is 12.3. The fourth-order valence-electron chi connectivity index (χ4n) is 4.43. The predicted molar refractivity (Wildman–Crippen MR) is 137 cm³/mol. The lowest BCUT2D eigenvalue weighted by Gasteiger charge is -2.12. The van der Waals surface area contributed by atoms with E-state index in [2.05, 4.69) is 11.6 Å². The lowest BCUT2D eigenvalue weighted by atomic mass is 10.0. The van der Waals surface area contributed by atoms with Crippen LogP contribution in [0.25, 0.3) is 0 Å². The Bertz CT molecular complexity index is 1020. The molecule has 0 bridgehead atoms. The fourth-order valence-corrected chi connectivity index (χ4v) is 5.79. The summed E-state index contributed by atoms with van der Waals surface area (Å²) in [5, 5.41) is -0.629. The number of alkyl halides is 1. The number of carbonyl (C=O) groups is 1. The second kappa shape index (κ2) is 12.6. The van der Waals surface area contributed by atoms with Gasteiger partial charge in [-0.1, -0.05) is 89.0 Å². The first-order valence-corrected chi connectivity index (χ1v) is 14.3. The molecule has 6 heteroatoms. The number of sulfonamides is 1. The van der Waals surface area contributed by atoms with Crippen LogP contribution in [0.4, 0.5) is 5.69 Å². The highest BCUT2D eigenvalue weighted by atomic mass is 35.5. The zero-order chi connectivity index (χ0) is 23.7. The molecule has 0 aliphatic heterocycles. The molecule has 1 N–H and O–H groups in total. The number of Topliss-reactive ketones (excluding diaryl/α,β-unsaturated/α-hetero) is 1. The second-order valence-corrected chi connectivity index (χ2v) is 11.3. The van der Waals surface area contributed by atoms with Crippen LogP contribution in [-0.4, -0.2) is 19.6 Å². The van der Waals surface area contributed by atoms with E-state index in [1.807, 2.05) is 12.1 Å². The molecule has 4 nitrogen and oxygen atoms in total. The minimum atomic E-state index is -3.74. The summed E-state index contributed by atoms with van der Waals surface area (Å²) < 4.78 is 28.4. The summed E-state index contributed by atoms with van der Waals surface area (Å²) in [4.78, 5) is 12.3. The quantitative estimate of drug-likeness (QED) is 0.223. The lowest BCUT2D eigenvalue weighted by Crippen LogP contribution is -2.14. The summed E-state index contributed by atoms with van der Waals surface area (Å²) in [7, 11) is -3.74. The number of benzene rings is 2. The SMILES string of the molecule is CCCCCCCCCCCCc1ccc(S(=O)(=O)Nc2cccc3c2CC(Cl)C3=O)cc1. The van der Waals surface area contributed by atoms with Gasteiger partial charge >= 0.3 is 0 Å². The highest BCUT2D eigenvalue weighted by molar-refractivity contribution is 7.92. The molecule has 33 heavy (non-hydrogen) atoms. The van der Waals surface area contributed by atoms with Crippen LogP contribution < -0.4 is 4.72 Å². The van der Waals surface area contributed by atoms with Crippen molar-refractivity contribution in [3.05, 3.63) is 59.2 Å². The Morgan fingerprint density at radius 2 is 1.48 bits per heavy atom. The second-order valence-electron chi connectivity index (χ2n) is 9.05. The fraction of sp³-hybridized carbons (Fsp3) is 0.519. The number of hydrogen-bond acceptors (Lipinski definition) is 3. The zero-order valence-electron chi connectivity index (χ0n) is 19.6. The molecule has 0 aromatic heterocycles. The van der Waals surface area contributed by atoms with E-state index in [0.29, 0.717) is 23.2 Å². The van der Waals surface area contributed by atoms with Crippen molar-refractivity contribution in [3.63, 3.8) is 0 Å². The van der Waals surface area contributed by atoms with E-state index in [-0.39, 0.29) is 10.7 Å². The number of unbranched alkanes of at least 4 members (excludes halogenated alkanes) is 9. The van der Waals surface area contributed by atoms with Gasteiger partial charge in [-0.05, 0) is 48.6 Å². The van der Waals surface area contributed by atoms with Crippen molar-refractivity contribution in [2.45, 2.75) is 94.2 Å². The van der Waals surface area contributed by atoms with E-state index < -0.39 is 15.4 Å². The number of halogens is 1. The van der Waals surface area contributed by atoms with E-state index in [0.717, 1.165) is 18.4 Å². The van der Waals surface area contributed by atoms with Crippen molar-refractivity contribution in [2.75, 3.05) is 4.72 Å². The number of aryl methyl sites for hydroxylation is 1. The summed E-state index contributed by atoms with van der Waals surface area (Å²) >= 11 is 6.08. The van der Waals surface area contributed by atoms with Crippen LogP contribution in [0, 0.1) is 0 Å². The Kier molecular flexibility index (Phi) is 9.81. The van der Waals surface area contributed by atoms with Crippen LogP contribution in [0.5, 0.6) is 0 Å². The summed E-state index contributed by atoms with van der Waals surface area (Å²) in [6.07, 6.45) is 14.4. The largest absolute Gasteiger partial charge is 0.292 e. The molecule has 2 aromatic carbocycles. The van der Waals surface area contributed by atoms with E-state index >= 15 is 0 Å². The van der Waals surface area contributed by atoms with Gasteiger partial charge < -0.3 is 0 Å². The number of nitrogens with one attached hydrogen (secondary N) is 1. The Labute approximate surface area is 204 Å². The molecule has 0 spiro atoms. The highest BCUT2D eigenvalue weighted by Crippen LogP contribution is 2.32. The van der Waals surface area contributed by atoms with E-state index in [9.17, 15) is 13.2 Å². The van der Waals surface area contributed by atoms with Gasteiger partial charge in [-0.2, -0.15) is 0 Å². The first kappa shape index (κ1) is 25.8. The Morgan fingerprint density at radius 3 is 2.12 bits per heavy atom. The zero-order valence-corrected chi connectivity index (χ0v) is 21.2. The molecule has 3 rings (SSSR count). The predicted octanol–water partition coefficient (Wildman–Crippen LogP) is 7.30. The summed E-state index contributed by atoms with van der Waals surface area (Å²) in [5.74, 6) is -0.149. The van der Waals surface area contributed by atoms with Crippen molar-refractivity contribution < 1.29 is 13.2 Å². The number of carbonyl (C=O) groups excluding carboxylic acids is 1. The van der Waals surface area contributed by atoms with Gasteiger partial charge in [0, 0.05) is 5.56 Å². The van der Waals surface area contributed by atoms with E-state index in [1.54, 1.807) is 30.3 Å². The number of ketones is 1. The maximum absolute atomic E-state index is 12.9.